The van der Waals surface area contributed by atoms with E-state index in [0.29, 0.717) is 25.4 Å². The minimum absolute atomic E-state index is 0.00331. The summed E-state index contributed by atoms with van der Waals surface area (Å²) < 4.78 is 33.7. The summed E-state index contributed by atoms with van der Waals surface area (Å²) in [6.07, 6.45) is 3.80. The summed E-state index contributed by atoms with van der Waals surface area (Å²) in [4.78, 5) is 12.5. The first-order valence-electron chi connectivity index (χ1n) is 9.00. The molecule has 4 aliphatic rings. The number of hydrogen-bond acceptors (Lipinski definition) is 5. The van der Waals surface area contributed by atoms with Gasteiger partial charge in [-0.05, 0) is 37.0 Å². The van der Waals surface area contributed by atoms with E-state index in [0.717, 1.165) is 38.0 Å². The molecule has 2 aliphatic carbocycles. The van der Waals surface area contributed by atoms with Crippen molar-refractivity contribution in [3.63, 3.8) is 0 Å². The third-order valence-electron chi connectivity index (χ3n) is 7.26. The van der Waals surface area contributed by atoms with Crippen LogP contribution in [0.2, 0.25) is 0 Å². The zero-order valence-electron chi connectivity index (χ0n) is 14.5. The van der Waals surface area contributed by atoms with Crippen molar-refractivity contribution in [2.24, 2.45) is 16.7 Å². The van der Waals surface area contributed by atoms with Gasteiger partial charge in [0.25, 0.3) is 0 Å². The normalized spacial score (nSPS) is 38.2. The number of hydrogen-bond donors (Lipinski definition) is 0. The quantitative estimate of drug-likeness (QED) is 0.759. The first-order valence-corrected chi connectivity index (χ1v) is 11.6. The van der Waals surface area contributed by atoms with Crippen molar-refractivity contribution in [3.05, 3.63) is 0 Å². The zero-order chi connectivity index (χ0) is 17.2. The summed E-state index contributed by atoms with van der Waals surface area (Å²) in [5.41, 5.74) is -0.858. The number of rotatable bonds is 3. The van der Waals surface area contributed by atoms with E-state index < -0.39 is 15.4 Å². The van der Waals surface area contributed by atoms with E-state index in [1.165, 1.54) is 0 Å². The second-order valence-electron chi connectivity index (χ2n) is 8.43. The summed E-state index contributed by atoms with van der Waals surface area (Å²) in [5, 5.41) is 0. The van der Waals surface area contributed by atoms with Gasteiger partial charge in [-0.25, -0.2) is 12.7 Å². The molecular formula is C17H27NO4S2. The van der Waals surface area contributed by atoms with Crippen LogP contribution >= 0.6 is 11.8 Å². The molecule has 0 aromatic carbocycles. The molecule has 0 N–H and O–H groups in total. The molecule has 24 heavy (non-hydrogen) atoms. The fraction of sp³-hybridized carbons (Fsp3) is 0.941. The average molecular weight is 374 g/mol. The minimum atomic E-state index is -3.41. The molecule has 2 aliphatic heterocycles. The molecule has 0 radical (unpaired) electrons. The number of carbonyl (C=O) groups excluding carboxylic acids is 1. The summed E-state index contributed by atoms with van der Waals surface area (Å²) in [6.45, 7) is 6.00. The molecule has 5 nitrogen and oxygen atoms in total. The van der Waals surface area contributed by atoms with Crippen LogP contribution < -0.4 is 0 Å². The molecule has 2 bridgehead atoms. The SMILES string of the molecule is CC1(C)C2CCC1(CS(=O)(=O)N1CCC3(CC1)OCCS3)C(=O)C2. The second kappa shape index (κ2) is 5.44. The number of sulfonamides is 1. The Bertz CT molecular complexity index is 644. The van der Waals surface area contributed by atoms with E-state index in [2.05, 4.69) is 13.8 Å². The maximum absolute atomic E-state index is 13.1. The fourth-order valence-electron chi connectivity index (χ4n) is 5.40. The van der Waals surface area contributed by atoms with Crippen LogP contribution in [0.3, 0.4) is 0 Å². The summed E-state index contributed by atoms with van der Waals surface area (Å²) in [6, 6.07) is 0. The Hall–Kier alpha value is -0.110. The lowest BCUT2D eigenvalue weighted by molar-refractivity contribution is -0.128. The number of ether oxygens (including phenoxy) is 1. The lowest BCUT2D eigenvalue weighted by Gasteiger charge is -2.40. The maximum atomic E-state index is 13.1. The highest BCUT2D eigenvalue weighted by molar-refractivity contribution is 8.00. The van der Waals surface area contributed by atoms with E-state index in [-0.39, 0.29) is 21.9 Å². The van der Waals surface area contributed by atoms with Crippen molar-refractivity contribution < 1.29 is 17.9 Å². The molecule has 0 aromatic heterocycles. The van der Waals surface area contributed by atoms with Gasteiger partial charge < -0.3 is 4.74 Å². The molecule has 136 valence electrons. The van der Waals surface area contributed by atoms with Crippen molar-refractivity contribution in [2.75, 3.05) is 31.2 Å². The van der Waals surface area contributed by atoms with Crippen LogP contribution in [0.1, 0.15) is 46.0 Å². The number of nitrogens with zero attached hydrogens (tertiary/aromatic N) is 1. The Morgan fingerprint density at radius 1 is 1.25 bits per heavy atom. The van der Waals surface area contributed by atoms with Crippen LogP contribution in [0.5, 0.6) is 0 Å². The van der Waals surface area contributed by atoms with Crippen molar-refractivity contribution >= 4 is 27.6 Å². The fourth-order valence-corrected chi connectivity index (χ4v) is 8.80. The number of fused-ring (bicyclic) bond motifs is 2. The molecule has 2 atom stereocenters. The highest BCUT2D eigenvalue weighted by atomic mass is 32.2. The number of Topliss-reactive ketones (excluding diaryl/α,β-unsaturated/α-hetero) is 1. The van der Waals surface area contributed by atoms with Gasteiger partial charge in [-0.1, -0.05) is 13.8 Å². The van der Waals surface area contributed by atoms with Crippen LogP contribution in [-0.4, -0.2) is 54.6 Å². The van der Waals surface area contributed by atoms with Crippen molar-refractivity contribution in [2.45, 2.75) is 50.9 Å². The molecule has 0 aromatic rings. The van der Waals surface area contributed by atoms with Gasteiger partial charge >= 0.3 is 0 Å². The second-order valence-corrected chi connectivity index (χ2v) is 11.8. The largest absolute Gasteiger partial charge is 0.363 e. The van der Waals surface area contributed by atoms with Gasteiger partial charge in [0.05, 0.1) is 12.4 Å². The monoisotopic (exact) mass is 373 g/mol. The first-order chi connectivity index (χ1) is 11.2. The average Bonchev–Trinajstić information content (AvgIpc) is 3.11. The number of thioether (sulfide) groups is 1. The Balaban J connectivity index is 1.51. The van der Waals surface area contributed by atoms with Crippen LogP contribution in [-0.2, 0) is 19.6 Å². The predicted octanol–water partition coefficient (Wildman–Crippen LogP) is 2.27. The third kappa shape index (κ3) is 2.34. The van der Waals surface area contributed by atoms with E-state index in [1.54, 1.807) is 4.31 Å². The van der Waals surface area contributed by atoms with Gasteiger partial charge in [-0.2, -0.15) is 0 Å². The molecular weight excluding hydrogens is 346 g/mol. The topological polar surface area (TPSA) is 63.7 Å². The number of carbonyl (C=O) groups is 1. The molecule has 2 saturated carbocycles. The maximum Gasteiger partial charge on any atom is 0.215 e. The zero-order valence-corrected chi connectivity index (χ0v) is 16.2. The molecule has 2 saturated heterocycles. The van der Waals surface area contributed by atoms with E-state index in [4.69, 9.17) is 4.74 Å². The molecule has 7 heteroatoms. The predicted molar refractivity (Wildman–Crippen MR) is 94.3 cm³/mol. The van der Waals surface area contributed by atoms with Crippen molar-refractivity contribution in [3.8, 4) is 0 Å². The van der Waals surface area contributed by atoms with Crippen LogP contribution in [0.4, 0.5) is 0 Å². The molecule has 4 fully saturated rings. The van der Waals surface area contributed by atoms with E-state index in [1.807, 2.05) is 11.8 Å². The van der Waals surface area contributed by atoms with Gasteiger partial charge in [0.15, 0.2) is 0 Å². The Labute approximate surface area is 148 Å². The lowest BCUT2D eigenvalue weighted by Crippen LogP contribution is -2.50. The number of ketones is 1. The summed E-state index contributed by atoms with van der Waals surface area (Å²) in [5.74, 6) is 1.53. The molecule has 1 spiro atoms. The van der Waals surface area contributed by atoms with E-state index in [9.17, 15) is 13.2 Å². The minimum Gasteiger partial charge on any atom is -0.363 e. The highest BCUT2D eigenvalue weighted by Gasteiger charge is 2.65. The van der Waals surface area contributed by atoms with Crippen LogP contribution in [0.15, 0.2) is 0 Å². The van der Waals surface area contributed by atoms with Crippen LogP contribution in [0.25, 0.3) is 0 Å². The molecule has 2 heterocycles. The number of piperidine rings is 1. The molecule has 0 amide bonds. The van der Waals surface area contributed by atoms with Gasteiger partial charge in [0.2, 0.25) is 10.0 Å². The molecule has 4 rings (SSSR count). The Morgan fingerprint density at radius 3 is 2.46 bits per heavy atom. The van der Waals surface area contributed by atoms with Crippen molar-refractivity contribution in [1.82, 2.24) is 4.31 Å². The standard InChI is InChI=1S/C17H27NO4S2/c1-15(2)13-3-4-16(15,14(19)11-13)12-24(20,21)18-7-5-17(6-8-18)22-9-10-23-17/h13H,3-12H2,1-2H3. The molecule has 2 unspecified atom stereocenters. The van der Waals surface area contributed by atoms with Gasteiger partial charge in [0.1, 0.15) is 10.7 Å². The summed E-state index contributed by atoms with van der Waals surface area (Å²) >= 11 is 1.82. The summed E-state index contributed by atoms with van der Waals surface area (Å²) in [7, 11) is -3.41. The van der Waals surface area contributed by atoms with Gasteiger partial charge in [0, 0.05) is 30.7 Å². The third-order valence-corrected chi connectivity index (χ3v) is 10.7. The smallest absolute Gasteiger partial charge is 0.215 e. The van der Waals surface area contributed by atoms with E-state index >= 15 is 0 Å². The van der Waals surface area contributed by atoms with Crippen molar-refractivity contribution in [1.29, 1.82) is 0 Å². The van der Waals surface area contributed by atoms with Crippen LogP contribution in [0, 0.1) is 16.7 Å². The highest BCUT2D eigenvalue weighted by Crippen LogP contribution is 2.64. The first kappa shape index (κ1) is 17.3. The lowest BCUT2D eigenvalue weighted by atomic mass is 9.70. The Morgan fingerprint density at radius 2 is 1.96 bits per heavy atom. The van der Waals surface area contributed by atoms with Gasteiger partial charge in [-0.15, -0.1) is 11.8 Å². The Kier molecular flexibility index (Phi) is 3.93. The van der Waals surface area contributed by atoms with Gasteiger partial charge in [-0.3, -0.25) is 4.79 Å².